The van der Waals surface area contributed by atoms with E-state index in [2.05, 4.69) is 5.32 Å². The minimum Gasteiger partial charge on any atom is -0.504 e. The fourth-order valence-corrected chi connectivity index (χ4v) is 1.98. The van der Waals surface area contributed by atoms with Crippen molar-refractivity contribution in [3.63, 3.8) is 0 Å². The number of carbonyl (C=O) groups is 1. The molecular formula is C17H18N2O3. The van der Waals surface area contributed by atoms with E-state index in [0.717, 1.165) is 5.56 Å². The van der Waals surface area contributed by atoms with E-state index in [1.807, 2.05) is 37.3 Å². The Kier molecular flexibility index (Phi) is 4.68. The monoisotopic (exact) mass is 298 g/mol. The topological polar surface area (TPSA) is 95.6 Å². The van der Waals surface area contributed by atoms with Crippen LogP contribution in [0.2, 0.25) is 0 Å². The molecule has 2 aromatic carbocycles. The number of nitrogens with one attached hydrogen (secondary N) is 1. The van der Waals surface area contributed by atoms with Crippen molar-refractivity contribution in [2.45, 2.75) is 13.0 Å². The van der Waals surface area contributed by atoms with Gasteiger partial charge in [-0.15, -0.1) is 0 Å². The maximum Gasteiger partial charge on any atom is 0.267 e. The maximum absolute atomic E-state index is 12.1. The molecule has 0 fully saturated rings. The van der Waals surface area contributed by atoms with E-state index in [-0.39, 0.29) is 23.2 Å². The van der Waals surface area contributed by atoms with Crippen LogP contribution in [0.3, 0.4) is 0 Å². The van der Waals surface area contributed by atoms with E-state index in [4.69, 9.17) is 5.73 Å². The highest BCUT2D eigenvalue weighted by Crippen LogP contribution is 2.25. The number of nitrogens with two attached hydrogens (primary N) is 1. The van der Waals surface area contributed by atoms with E-state index < -0.39 is 5.91 Å². The summed E-state index contributed by atoms with van der Waals surface area (Å²) in [7, 11) is 0. The first kappa shape index (κ1) is 15.4. The van der Waals surface area contributed by atoms with Gasteiger partial charge >= 0.3 is 0 Å². The summed E-state index contributed by atoms with van der Waals surface area (Å²) >= 11 is 0. The standard InChI is InChI=1S/C17H18N2O3/c1-11(13-5-3-2-4-6-13)19-17(22)14(18)9-12-7-8-15(20)16(21)10-12/h2-11,20-21H,18H2,1H3,(H,19,22)/b14-9-/t11-/m1/s1. The predicted octanol–water partition coefficient (Wildman–Crippen LogP) is 2.27. The molecule has 0 radical (unpaired) electrons. The van der Waals surface area contributed by atoms with Crippen molar-refractivity contribution < 1.29 is 15.0 Å². The number of aromatic hydroxyl groups is 2. The summed E-state index contributed by atoms with van der Waals surface area (Å²) in [6.07, 6.45) is 1.44. The minimum atomic E-state index is -0.399. The normalized spacial score (nSPS) is 12.7. The Hall–Kier alpha value is -2.95. The van der Waals surface area contributed by atoms with Crippen LogP contribution in [0.25, 0.3) is 6.08 Å². The van der Waals surface area contributed by atoms with Crippen LogP contribution >= 0.6 is 0 Å². The Morgan fingerprint density at radius 1 is 1.14 bits per heavy atom. The van der Waals surface area contributed by atoms with Crippen LogP contribution in [-0.4, -0.2) is 16.1 Å². The molecule has 1 amide bonds. The Balaban J connectivity index is 2.08. The lowest BCUT2D eigenvalue weighted by molar-refractivity contribution is -0.118. The lowest BCUT2D eigenvalue weighted by atomic mass is 10.1. The zero-order valence-corrected chi connectivity index (χ0v) is 12.2. The number of carbonyl (C=O) groups excluding carboxylic acids is 1. The number of benzene rings is 2. The van der Waals surface area contributed by atoms with Crippen LogP contribution in [0, 0.1) is 0 Å². The van der Waals surface area contributed by atoms with Crippen molar-refractivity contribution in [3.05, 3.63) is 65.4 Å². The van der Waals surface area contributed by atoms with Gasteiger partial charge in [0.1, 0.15) is 0 Å². The lowest BCUT2D eigenvalue weighted by Gasteiger charge is -2.14. The van der Waals surface area contributed by atoms with E-state index in [9.17, 15) is 15.0 Å². The zero-order valence-electron chi connectivity index (χ0n) is 12.2. The summed E-state index contributed by atoms with van der Waals surface area (Å²) in [6.45, 7) is 1.87. The van der Waals surface area contributed by atoms with E-state index in [1.54, 1.807) is 6.07 Å². The second-order valence-electron chi connectivity index (χ2n) is 4.95. The van der Waals surface area contributed by atoms with Crippen LogP contribution in [-0.2, 0) is 4.79 Å². The van der Waals surface area contributed by atoms with Crippen molar-refractivity contribution in [1.29, 1.82) is 0 Å². The quantitative estimate of drug-likeness (QED) is 0.514. The summed E-state index contributed by atoms with van der Waals surface area (Å²) in [5, 5.41) is 21.5. The van der Waals surface area contributed by atoms with Crippen LogP contribution in [0.15, 0.2) is 54.2 Å². The Labute approximate surface area is 128 Å². The lowest BCUT2D eigenvalue weighted by Crippen LogP contribution is -2.30. The first-order chi connectivity index (χ1) is 10.5. The van der Waals surface area contributed by atoms with E-state index in [0.29, 0.717) is 5.56 Å². The highest BCUT2D eigenvalue weighted by atomic mass is 16.3. The van der Waals surface area contributed by atoms with Gasteiger partial charge in [0.15, 0.2) is 11.5 Å². The van der Waals surface area contributed by atoms with Crippen molar-refractivity contribution >= 4 is 12.0 Å². The van der Waals surface area contributed by atoms with Crippen LogP contribution in [0.1, 0.15) is 24.1 Å². The second-order valence-corrected chi connectivity index (χ2v) is 4.95. The number of phenolic OH excluding ortho intramolecular Hbond substituents is 2. The van der Waals surface area contributed by atoms with Crippen molar-refractivity contribution in [3.8, 4) is 11.5 Å². The molecule has 0 heterocycles. The van der Waals surface area contributed by atoms with Gasteiger partial charge in [-0.2, -0.15) is 0 Å². The fourth-order valence-electron chi connectivity index (χ4n) is 1.98. The van der Waals surface area contributed by atoms with Crippen molar-refractivity contribution in [2.75, 3.05) is 0 Å². The molecule has 2 rings (SSSR count). The molecule has 5 nitrogen and oxygen atoms in total. The van der Waals surface area contributed by atoms with Gasteiger partial charge in [0.2, 0.25) is 0 Å². The number of amides is 1. The largest absolute Gasteiger partial charge is 0.504 e. The highest BCUT2D eigenvalue weighted by Gasteiger charge is 2.11. The molecule has 0 saturated heterocycles. The SMILES string of the molecule is C[C@@H](NC(=O)/C(N)=C/c1ccc(O)c(O)c1)c1ccccc1. The summed E-state index contributed by atoms with van der Waals surface area (Å²) < 4.78 is 0. The molecule has 2 aromatic rings. The van der Waals surface area contributed by atoms with Gasteiger partial charge in [-0.3, -0.25) is 4.79 Å². The second kappa shape index (κ2) is 6.67. The number of hydrogen-bond donors (Lipinski definition) is 4. The number of rotatable bonds is 4. The molecule has 0 aliphatic carbocycles. The molecule has 0 aromatic heterocycles. The average molecular weight is 298 g/mol. The number of phenols is 2. The Morgan fingerprint density at radius 3 is 2.45 bits per heavy atom. The van der Waals surface area contributed by atoms with Crippen molar-refractivity contribution in [2.24, 2.45) is 5.73 Å². The molecule has 0 spiro atoms. The average Bonchev–Trinajstić information content (AvgIpc) is 2.51. The Bertz CT molecular complexity index is 696. The molecule has 22 heavy (non-hydrogen) atoms. The molecule has 114 valence electrons. The van der Waals surface area contributed by atoms with Gasteiger partial charge in [-0.25, -0.2) is 0 Å². The molecule has 5 N–H and O–H groups in total. The van der Waals surface area contributed by atoms with Crippen molar-refractivity contribution in [1.82, 2.24) is 5.32 Å². The van der Waals surface area contributed by atoms with Gasteiger partial charge in [0.05, 0.1) is 11.7 Å². The summed E-state index contributed by atoms with van der Waals surface area (Å²) in [6, 6.07) is 13.6. The third kappa shape index (κ3) is 3.79. The molecule has 1 atom stereocenters. The molecule has 0 aliphatic rings. The first-order valence-electron chi connectivity index (χ1n) is 6.82. The first-order valence-corrected chi connectivity index (χ1v) is 6.82. The highest BCUT2D eigenvalue weighted by molar-refractivity contribution is 5.97. The Morgan fingerprint density at radius 2 is 1.82 bits per heavy atom. The molecule has 0 aliphatic heterocycles. The zero-order chi connectivity index (χ0) is 16.1. The molecule has 0 unspecified atom stereocenters. The van der Waals surface area contributed by atoms with Crippen LogP contribution in [0.4, 0.5) is 0 Å². The summed E-state index contributed by atoms with van der Waals surface area (Å²) in [5.74, 6) is -0.888. The minimum absolute atomic E-state index is 0.0212. The predicted molar refractivity (Wildman–Crippen MR) is 84.9 cm³/mol. The van der Waals surface area contributed by atoms with Gasteiger partial charge in [0.25, 0.3) is 5.91 Å². The molecular weight excluding hydrogens is 280 g/mol. The third-order valence-electron chi connectivity index (χ3n) is 3.23. The van der Waals surface area contributed by atoms with E-state index in [1.165, 1.54) is 18.2 Å². The maximum atomic E-state index is 12.1. The van der Waals surface area contributed by atoms with Crippen LogP contribution in [0.5, 0.6) is 11.5 Å². The van der Waals surface area contributed by atoms with Gasteiger partial charge in [0, 0.05) is 0 Å². The van der Waals surface area contributed by atoms with Gasteiger partial charge < -0.3 is 21.3 Å². The number of hydrogen-bond acceptors (Lipinski definition) is 4. The van der Waals surface area contributed by atoms with Crippen LogP contribution < -0.4 is 11.1 Å². The van der Waals surface area contributed by atoms with Gasteiger partial charge in [-0.1, -0.05) is 36.4 Å². The molecule has 0 saturated carbocycles. The van der Waals surface area contributed by atoms with E-state index >= 15 is 0 Å². The smallest absolute Gasteiger partial charge is 0.267 e. The third-order valence-corrected chi connectivity index (χ3v) is 3.23. The fraction of sp³-hybridized carbons (Fsp3) is 0.118. The molecule has 5 heteroatoms. The molecule has 0 bridgehead atoms. The summed E-state index contributed by atoms with van der Waals surface area (Å²) in [4.78, 5) is 12.1. The van der Waals surface area contributed by atoms with Gasteiger partial charge in [-0.05, 0) is 36.3 Å². The summed E-state index contributed by atoms with van der Waals surface area (Å²) in [5.41, 5.74) is 7.29.